The molecule has 0 N–H and O–H groups in total. The third kappa shape index (κ3) is 4.91. The predicted molar refractivity (Wildman–Crippen MR) is 77.7 cm³/mol. The number of carbonyl (C=O) groups is 2. The van der Waals surface area contributed by atoms with Crippen LogP contribution in [0.1, 0.15) is 26.3 Å². The number of hydrogen-bond acceptors (Lipinski definition) is 4. The summed E-state index contributed by atoms with van der Waals surface area (Å²) in [6.07, 6.45) is 3.44. The highest BCUT2D eigenvalue weighted by Crippen LogP contribution is 2.29. The summed E-state index contributed by atoms with van der Waals surface area (Å²) < 4.78 is 4.32. The van der Waals surface area contributed by atoms with Crippen LogP contribution in [0, 0.1) is 0 Å². The first kappa shape index (κ1) is 15.5. The predicted octanol–water partition coefficient (Wildman–Crippen LogP) is 3.34. The maximum atomic E-state index is 12.1. The van der Waals surface area contributed by atoms with Gasteiger partial charge in [0.1, 0.15) is 11.4 Å². The number of esters is 1. The number of ether oxygens (including phenoxy) is 1. The number of allylic oxidation sites excluding steroid dienone is 1. The van der Waals surface area contributed by atoms with Crippen LogP contribution in [0.2, 0.25) is 0 Å². The number of rotatable bonds is 5. The second kappa shape index (κ2) is 7.14. The van der Waals surface area contributed by atoms with E-state index in [0.29, 0.717) is 0 Å². The zero-order chi connectivity index (χ0) is 14.3. The van der Waals surface area contributed by atoms with Crippen molar-refractivity contribution in [3.8, 4) is 0 Å². The van der Waals surface area contributed by atoms with Gasteiger partial charge in [-0.3, -0.25) is 9.59 Å². The molecule has 102 valence electrons. The highest BCUT2D eigenvalue weighted by atomic mass is 32.2. The van der Waals surface area contributed by atoms with E-state index in [9.17, 15) is 9.59 Å². The topological polar surface area (TPSA) is 43.4 Å². The Morgan fingerprint density at radius 3 is 2.47 bits per heavy atom. The minimum Gasteiger partial charge on any atom is -0.460 e. The van der Waals surface area contributed by atoms with Gasteiger partial charge in [0.15, 0.2) is 5.12 Å². The van der Waals surface area contributed by atoms with Gasteiger partial charge in [-0.05, 0) is 19.4 Å². The van der Waals surface area contributed by atoms with E-state index < -0.39 is 10.7 Å². The van der Waals surface area contributed by atoms with Crippen molar-refractivity contribution in [2.75, 3.05) is 0 Å². The summed E-state index contributed by atoms with van der Waals surface area (Å²) in [6, 6.07) is 9.45. The fraction of sp³-hybridized carbons (Fsp3) is 0.333. The average Bonchev–Trinajstić information content (AvgIpc) is 2.36. The monoisotopic (exact) mass is 278 g/mol. The molecule has 0 saturated heterocycles. The molecule has 0 aliphatic heterocycles. The Hall–Kier alpha value is -1.55. The molecule has 1 atom stereocenters. The lowest BCUT2D eigenvalue weighted by Crippen LogP contribution is -2.32. The van der Waals surface area contributed by atoms with E-state index >= 15 is 0 Å². The lowest BCUT2D eigenvalue weighted by atomic mass is 10.1. The van der Waals surface area contributed by atoms with Crippen LogP contribution in [0.25, 0.3) is 0 Å². The zero-order valence-corrected chi connectivity index (χ0v) is 12.2. The normalized spacial score (nSPS) is 14.1. The first-order valence-electron chi connectivity index (χ1n) is 6.02. The summed E-state index contributed by atoms with van der Waals surface area (Å²) in [5.41, 5.74) is 0.923. The molecule has 0 bridgehead atoms. The van der Waals surface area contributed by atoms with Gasteiger partial charge < -0.3 is 4.74 Å². The van der Waals surface area contributed by atoms with Crippen LogP contribution >= 0.6 is 11.8 Å². The molecule has 0 aliphatic rings. The van der Waals surface area contributed by atoms with Crippen molar-refractivity contribution in [2.24, 2.45) is 0 Å². The summed E-state index contributed by atoms with van der Waals surface area (Å²) >= 11 is 0.969. The molecule has 0 amide bonds. The summed E-state index contributed by atoms with van der Waals surface area (Å²) in [5.74, 6) is -0.408. The molecule has 0 unspecified atom stereocenters. The van der Waals surface area contributed by atoms with Crippen LogP contribution in [0.5, 0.6) is 0 Å². The quantitative estimate of drug-likeness (QED) is 0.612. The second-order valence-corrected chi connectivity index (χ2v) is 5.89. The highest BCUT2D eigenvalue weighted by molar-refractivity contribution is 8.15. The Kier molecular flexibility index (Phi) is 5.83. The van der Waals surface area contributed by atoms with Crippen molar-refractivity contribution in [1.82, 2.24) is 0 Å². The number of thioether (sulfide) groups is 1. The first-order valence-corrected chi connectivity index (χ1v) is 6.84. The average molecular weight is 278 g/mol. The molecule has 0 spiro atoms. The van der Waals surface area contributed by atoms with Crippen LogP contribution in [0.3, 0.4) is 0 Å². The summed E-state index contributed by atoms with van der Waals surface area (Å²) in [6.45, 7) is 5.15. The van der Waals surface area contributed by atoms with Gasteiger partial charge in [0.05, 0.1) is 0 Å². The molecule has 0 radical (unpaired) electrons. The fourth-order valence-electron chi connectivity index (χ4n) is 1.63. The van der Waals surface area contributed by atoms with Crippen molar-refractivity contribution in [3.63, 3.8) is 0 Å². The largest absolute Gasteiger partial charge is 0.460 e. The molecule has 0 aliphatic carbocycles. The number of carbonyl (C=O) groups excluding carboxylic acids is 2. The van der Waals surface area contributed by atoms with E-state index in [-0.39, 0.29) is 11.7 Å². The minimum atomic E-state index is -0.963. The van der Waals surface area contributed by atoms with Crippen LogP contribution in [-0.4, -0.2) is 15.8 Å². The Morgan fingerprint density at radius 1 is 1.32 bits per heavy atom. The van der Waals surface area contributed by atoms with Crippen molar-refractivity contribution in [1.29, 1.82) is 0 Å². The summed E-state index contributed by atoms with van der Waals surface area (Å²) in [5, 5.41) is -0.114. The van der Waals surface area contributed by atoms with Gasteiger partial charge in [-0.15, -0.1) is 0 Å². The fourth-order valence-corrected chi connectivity index (χ4v) is 2.57. The molecule has 0 fully saturated rings. The van der Waals surface area contributed by atoms with Crippen LogP contribution in [0.15, 0.2) is 42.5 Å². The van der Waals surface area contributed by atoms with Gasteiger partial charge in [0.2, 0.25) is 0 Å². The van der Waals surface area contributed by atoms with E-state index in [1.165, 1.54) is 6.92 Å². The van der Waals surface area contributed by atoms with Crippen molar-refractivity contribution in [2.45, 2.75) is 32.1 Å². The third-order valence-electron chi connectivity index (χ3n) is 2.46. The molecule has 1 rings (SSSR count). The lowest BCUT2D eigenvalue weighted by Gasteiger charge is -2.21. The van der Waals surface area contributed by atoms with Gasteiger partial charge in [0.25, 0.3) is 0 Å². The molecule has 1 aromatic carbocycles. The Balaban J connectivity index is 2.70. The Morgan fingerprint density at radius 2 is 1.95 bits per heavy atom. The van der Waals surface area contributed by atoms with E-state index in [4.69, 9.17) is 4.74 Å². The molecule has 1 aromatic rings. The van der Waals surface area contributed by atoms with Gasteiger partial charge >= 0.3 is 5.97 Å². The lowest BCUT2D eigenvalue weighted by molar-refractivity contribution is -0.146. The molecular weight excluding hydrogens is 260 g/mol. The summed E-state index contributed by atoms with van der Waals surface area (Å²) in [4.78, 5) is 23.4. The minimum absolute atomic E-state index is 0.114. The van der Waals surface area contributed by atoms with Crippen LogP contribution in [0.4, 0.5) is 0 Å². The Labute approximate surface area is 118 Å². The SMILES string of the molecule is C/C=C/[C@](C)(SC(C)=O)C(=O)OCc1ccccc1. The maximum absolute atomic E-state index is 12.1. The zero-order valence-electron chi connectivity index (χ0n) is 11.4. The molecule has 19 heavy (non-hydrogen) atoms. The van der Waals surface area contributed by atoms with Gasteiger partial charge in [-0.1, -0.05) is 54.2 Å². The molecule has 0 saturated carbocycles. The Bertz CT molecular complexity index is 468. The molecule has 4 heteroatoms. The molecule has 0 heterocycles. The third-order valence-corrected chi connectivity index (χ3v) is 3.47. The smallest absolute Gasteiger partial charge is 0.326 e. The van der Waals surface area contributed by atoms with Crippen LogP contribution in [-0.2, 0) is 20.9 Å². The molecular formula is C15H18O3S. The van der Waals surface area contributed by atoms with Crippen molar-refractivity contribution in [3.05, 3.63) is 48.0 Å². The molecule has 3 nitrogen and oxygen atoms in total. The van der Waals surface area contributed by atoms with Crippen LogP contribution < -0.4 is 0 Å². The molecule has 0 aromatic heterocycles. The standard InChI is InChI=1S/C15H18O3S/c1-4-10-15(3,19-12(2)16)14(17)18-11-13-8-6-5-7-9-13/h4-10H,11H2,1-3H3/b10-4+/t15-/m0/s1. The van der Waals surface area contributed by atoms with Gasteiger partial charge in [0, 0.05) is 6.92 Å². The van der Waals surface area contributed by atoms with Gasteiger partial charge in [-0.25, -0.2) is 0 Å². The number of benzene rings is 1. The van der Waals surface area contributed by atoms with Gasteiger partial charge in [-0.2, -0.15) is 0 Å². The van der Waals surface area contributed by atoms with E-state index in [1.54, 1.807) is 19.1 Å². The maximum Gasteiger partial charge on any atom is 0.326 e. The highest BCUT2D eigenvalue weighted by Gasteiger charge is 2.34. The summed E-state index contributed by atoms with van der Waals surface area (Å²) in [7, 11) is 0. The van der Waals surface area contributed by atoms with E-state index in [2.05, 4.69) is 0 Å². The second-order valence-electron chi connectivity index (χ2n) is 4.26. The van der Waals surface area contributed by atoms with Crippen molar-refractivity contribution < 1.29 is 14.3 Å². The van der Waals surface area contributed by atoms with E-state index in [1.807, 2.05) is 37.3 Å². The number of hydrogen-bond donors (Lipinski definition) is 0. The van der Waals surface area contributed by atoms with E-state index in [0.717, 1.165) is 17.3 Å². The van der Waals surface area contributed by atoms with Crippen molar-refractivity contribution >= 4 is 22.8 Å². The first-order chi connectivity index (χ1) is 8.98.